The number of amides is 1. The third-order valence-electron chi connectivity index (χ3n) is 2.57. The molecule has 0 spiro atoms. The summed E-state index contributed by atoms with van der Waals surface area (Å²) in [5, 5.41) is 11.2. The molecule has 4 nitrogen and oxygen atoms in total. The summed E-state index contributed by atoms with van der Waals surface area (Å²) in [6.07, 6.45) is 0.492. The van der Waals surface area contributed by atoms with Gasteiger partial charge in [0.15, 0.2) is 0 Å². The van der Waals surface area contributed by atoms with Crippen LogP contribution in [0, 0.1) is 11.7 Å². The van der Waals surface area contributed by atoms with Crippen molar-refractivity contribution in [1.82, 2.24) is 0 Å². The molecule has 1 aromatic carbocycles. The van der Waals surface area contributed by atoms with E-state index in [0.717, 1.165) is 23.8 Å². The zero-order valence-corrected chi connectivity index (χ0v) is 10.9. The van der Waals surface area contributed by atoms with Crippen LogP contribution in [-0.2, 0) is 4.79 Å². The Morgan fingerprint density at radius 2 is 2.11 bits per heavy atom. The first-order valence-electron chi connectivity index (χ1n) is 5.79. The minimum Gasteiger partial charge on any atom is -0.478 e. The number of carbonyl (C=O) groups is 2. The van der Waals surface area contributed by atoms with Crippen molar-refractivity contribution in [3.63, 3.8) is 0 Å². The van der Waals surface area contributed by atoms with Gasteiger partial charge in [0.2, 0.25) is 5.91 Å². The molecule has 0 saturated heterocycles. The number of halogens is 1. The van der Waals surface area contributed by atoms with Crippen LogP contribution in [0.15, 0.2) is 30.4 Å². The maximum Gasteiger partial charge on any atom is 0.335 e. The topological polar surface area (TPSA) is 66.4 Å². The highest BCUT2D eigenvalue weighted by Crippen LogP contribution is 2.18. The summed E-state index contributed by atoms with van der Waals surface area (Å²) in [5.74, 6) is -2.57. The third kappa shape index (κ3) is 4.21. The number of carboxylic acid groups (broad SMARTS) is 1. The summed E-state index contributed by atoms with van der Waals surface area (Å²) >= 11 is 0. The van der Waals surface area contributed by atoms with E-state index in [4.69, 9.17) is 5.11 Å². The van der Waals surface area contributed by atoms with Crippen LogP contribution in [0.25, 0.3) is 0 Å². The normalized spacial score (nSPS) is 11.7. The molecule has 0 radical (unpaired) electrons. The predicted molar refractivity (Wildman–Crippen MR) is 70.6 cm³/mol. The lowest BCUT2D eigenvalue weighted by Crippen LogP contribution is -2.21. The van der Waals surface area contributed by atoms with E-state index >= 15 is 0 Å². The summed E-state index contributed by atoms with van der Waals surface area (Å²) in [6, 6.07) is 3.26. The van der Waals surface area contributed by atoms with E-state index in [1.807, 2.05) is 0 Å². The fraction of sp³-hybridized carbons (Fsp3) is 0.286. The Kier molecular flexibility index (Phi) is 4.80. The molecule has 1 unspecified atom stereocenters. The van der Waals surface area contributed by atoms with Crippen LogP contribution in [0.2, 0.25) is 0 Å². The van der Waals surface area contributed by atoms with E-state index in [-0.39, 0.29) is 23.1 Å². The Morgan fingerprint density at radius 1 is 1.47 bits per heavy atom. The number of allylic oxidation sites excluding steroid dienone is 1. The Labute approximate surface area is 110 Å². The standard InChI is InChI=1S/C14H16FNO3/c1-8(2)6-9(3)13(17)16-12-7-10(14(18)19)4-5-11(12)15/h4-5,7,9H,1,6H2,2-3H3,(H,16,17)(H,18,19). The lowest BCUT2D eigenvalue weighted by atomic mass is 10.0. The average Bonchev–Trinajstić information content (AvgIpc) is 2.30. The van der Waals surface area contributed by atoms with Gasteiger partial charge in [0.05, 0.1) is 11.3 Å². The zero-order chi connectivity index (χ0) is 14.6. The van der Waals surface area contributed by atoms with Crippen LogP contribution in [0.5, 0.6) is 0 Å². The van der Waals surface area contributed by atoms with E-state index in [2.05, 4.69) is 11.9 Å². The van der Waals surface area contributed by atoms with Gasteiger partial charge in [-0.2, -0.15) is 0 Å². The van der Waals surface area contributed by atoms with Crippen molar-refractivity contribution in [2.75, 3.05) is 5.32 Å². The van der Waals surface area contributed by atoms with Crippen molar-refractivity contribution in [2.24, 2.45) is 5.92 Å². The molecule has 0 saturated carbocycles. The summed E-state index contributed by atoms with van der Waals surface area (Å²) < 4.78 is 13.5. The Hall–Kier alpha value is -2.17. The van der Waals surface area contributed by atoms with Crippen molar-refractivity contribution in [2.45, 2.75) is 20.3 Å². The minimum atomic E-state index is -1.18. The van der Waals surface area contributed by atoms with E-state index < -0.39 is 11.8 Å². The summed E-state index contributed by atoms with van der Waals surface area (Å²) in [5.41, 5.74) is 0.644. The maximum absolute atomic E-state index is 13.5. The smallest absolute Gasteiger partial charge is 0.335 e. The number of anilines is 1. The van der Waals surface area contributed by atoms with E-state index in [1.54, 1.807) is 13.8 Å². The number of nitrogens with one attached hydrogen (secondary N) is 1. The van der Waals surface area contributed by atoms with E-state index in [9.17, 15) is 14.0 Å². The van der Waals surface area contributed by atoms with Crippen molar-refractivity contribution in [3.05, 3.63) is 41.7 Å². The van der Waals surface area contributed by atoms with E-state index in [0.29, 0.717) is 6.42 Å². The molecular weight excluding hydrogens is 249 g/mol. The number of aromatic carboxylic acids is 1. The molecule has 0 aliphatic heterocycles. The molecule has 0 aliphatic carbocycles. The van der Waals surface area contributed by atoms with Crippen LogP contribution >= 0.6 is 0 Å². The second-order valence-electron chi connectivity index (χ2n) is 4.55. The quantitative estimate of drug-likeness (QED) is 0.804. The zero-order valence-electron chi connectivity index (χ0n) is 10.9. The number of benzene rings is 1. The van der Waals surface area contributed by atoms with Crippen molar-refractivity contribution < 1.29 is 19.1 Å². The molecule has 1 rings (SSSR count). The number of carbonyl (C=O) groups excluding carboxylic acids is 1. The molecule has 102 valence electrons. The number of hydrogen-bond donors (Lipinski definition) is 2. The fourth-order valence-corrected chi connectivity index (χ4v) is 1.63. The summed E-state index contributed by atoms with van der Waals surface area (Å²) in [7, 11) is 0. The van der Waals surface area contributed by atoms with Gasteiger partial charge in [-0.05, 0) is 31.5 Å². The van der Waals surface area contributed by atoms with Crippen LogP contribution in [0.1, 0.15) is 30.6 Å². The van der Waals surface area contributed by atoms with Gasteiger partial charge in [0.1, 0.15) is 5.82 Å². The van der Waals surface area contributed by atoms with Gasteiger partial charge in [-0.3, -0.25) is 4.79 Å². The monoisotopic (exact) mass is 265 g/mol. The number of carboxylic acids is 1. The van der Waals surface area contributed by atoms with Crippen LogP contribution in [-0.4, -0.2) is 17.0 Å². The molecule has 5 heteroatoms. The van der Waals surface area contributed by atoms with Crippen molar-refractivity contribution in [1.29, 1.82) is 0 Å². The third-order valence-corrected chi connectivity index (χ3v) is 2.57. The Bertz CT molecular complexity index is 525. The molecule has 19 heavy (non-hydrogen) atoms. The van der Waals surface area contributed by atoms with Gasteiger partial charge in [0, 0.05) is 5.92 Å². The van der Waals surface area contributed by atoms with Gasteiger partial charge in [0.25, 0.3) is 0 Å². The second kappa shape index (κ2) is 6.13. The molecule has 0 fully saturated rings. The van der Waals surface area contributed by atoms with Crippen LogP contribution < -0.4 is 5.32 Å². The average molecular weight is 265 g/mol. The Morgan fingerprint density at radius 3 is 2.63 bits per heavy atom. The first kappa shape index (κ1) is 14.9. The summed E-state index contributed by atoms with van der Waals surface area (Å²) in [6.45, 7) is 7.21. The molecule has 0 bridgehead atoms. The molecule has 0 heterocycles. The second-order valence-corrected chi connectivity index (χ2v) is 4.55. The molecule has 1 aromatic rings. The molecule has 2 N–H and O–H groups in total. The van der Waals surface area contributed by atoms with Gasteiger partial charge >= 0.3 is 5.97 Å². The first-order chi connectivity index (χ1) is 8.81. The van der Waals surface area contributed by atoms with Gasteiger partial charge in [-0.15, -0.1) is 6.58 Å². The van der Waals surface area contributed by atoms with E-state index in [1.165, 1.54) is 0 Å². The van der Waals surface area contributed by atoms with Crippen LogP contribution in [0.3, 0.4) is 0 Å². The van der Waals surface area contributed by atoms with Gasteiger partial charge in [-0.1, -0.05) is 12.5 Å². The molecule has 0 aliphatic rings. The number of rotatable bonds is 5. The van der Waals surface area contributed by atoms with Crippen molar-refractivity contribution >= 4 is 17.6 Å². The van der Waals surface area contributed by atoms with Gasteiger partial charge < -0.3 is 10.4 Å². The highest BCUT2D eigenvalue weighted by atomic mass is 19.1. The number of hydrogen-bond acceptors (Lipinski definition) is 2. The largest absolute Gasteiger partial charge is 0.478 e. The predicted octanol–water partition coefficient (Wildman–Crippen LogP) is 3.06. The molecule has 1 atom stereocenters. The minimum absolute atomic E-state index is 0.0794. The van der Waals surface area contributed by atoms with Gasteiger partial charge in [-0.25, -0.2) is 9.18 Å². The molecule has 0 aromatic heterocycles. The molecular formula is C14H16FNO3. The lowest BCUT2D eigenvalue weighted by Gasteiger charge is -2.13. The SMILES string of the molecule is C=C(C)CC(C)C(=O)Nc1cc(C(=O)O)ccc1F. The van der Waals surface area contributed by atoms with Crippen molar-refractivity contribution in [3.8, 4) is 0 Å². The molecule has 1 amide bonds. The fourth-order valence-electron chi connectivity index (χ4n) is 1.63. The lowest BCUT2D eigenvalue weighted by molar-refractivity contribution is -0.119. The van der Waals surface area contributed by atoms with Crippen LogP contribution in [0.4, 0.5) is 10.1 Å². The maximum atomic E-state index is 13.5. The highest BCUT2D eigenvalue weighted by molar-refractivity contribution is 5.95. The Balaban J connectivity index is 2.86. The first-order valence-corrected chi connectivity index (χ1v) is 5.79. The summed E-state index contributed by atoms with van der Waals surface area (Å²) in [4.78, 5) is 22.6. The highest BCUT2D eigenvalue weighted by Gasteiger charge is 2.16.